The number of ether oxygens (including phenoxy) is 2. The van der Waals surface area contributed by atoms with Crippen LogP contribution in [-0.2, 0) is 11.2 Å². The van der Waals surface area contributed by atoms with Gasteiger partial charge in [-0.1, -0.05) is 48.0 Å². The number of nitrogens with one attached hydrogen (secondary N) is 2. The maximum absolute atomic E-state index is 12.7. The van der Waals surface area contributed by atoms with Crippen LogP contribution >= 0.6 is 11.6 Å². The van der Waals surface area contributed by atoms with Gasteiger partial charge in [0.1, 0.15) is 11.5 Å². The van der Waals surface area contributed by atoms with Gasteiger partial charge in [0.05, 0.1) is 32.7 Å². The minimum atomic E-state index is -0.196. The fraction of sp³-hybridized carbons (Fsp3) is 0.222. The molecule has 8 nitrogen and oxygen atoms in total. The zero-order valence-corrected chi connectivity index (χ0v) is 20.7. The van der Waals surface area contributed by atoms with E-state index in [1.807, 2.05) is 77.5 Å². The Morgan fingerprint density at radius 2 is 1.58 bits per heavy atom. The van der Waals surface area contributed by atoms with Gasteiger partial charge < -0.3 is 14.8 Å². The molecule has 2 N–H and O–H groups in total. The maximum atomic E-state index is 12.7. The van der Waals surface area contributed by atoms with Crippen molar-refractivity contribution in [3.8, 4) is 11.5 Å². The number of halogens is 1. The number of carbonyl (C=O) groups is 1. The largest absolute Gasteiger partial charge is 0.497 e. The van der Waals surface area contributed by atoms with E-state index in [4.69, 9.17) is 21.1 Å². The van der Waals surface area contributed by atoms with Crippen molar-refractivity contribution in [1.82, 2.24) is 14.8 Å². The van der Waals surface area contributed by atoms with Gasteiger partial charge in [-0.3, -0.25) is 10.1 Å². The normalized spacial score (nSPS) is 16.5. The zero-order chi connectivity index (χ0) is 25.1. The molecule has 0 bridgehead atoms. The first-order chi connectivity index (χ1) is 17.5. The molecule has 0 saturated heterocycles. The molecule has 3 aromatic carbocycles. The highest BCUT2D eigenvalue weighted by molar-refractivity contribution is 6.30. The molecule has 2 heterocycles. The number of rotatable bonds is 7. The molecule has 36 heavy (non-hydrogen) atoms. The number of anilines is 2. The van der Waals surface area contributed by atoms with Crippen molar-refractivity contribution in [3.63, 3.8) is 0 Å². The number of nitrogens with zero attached hydrogens (tertiary/aromatic N) is 3. The van der Waals surface area contributed by atoms with E-state index < -0.39 is 0 Å². The minimum Gasteiger partial charge on any atom is -0.497 e. The topological polar surface area (TPSA) is 90.3 Å². The molecule has 9 heteroatoms. The summed E-state index contributed by atoms with van der Waals surface area (Å²) < 4.78 is 12.3. The summed E-state index contributed by atoms with van der Waals surface area (Å²) in [5.41, 5.74) is 3.03. The molecular formula is C27H26ClN5O3. The Bertz CT molecular complexity index is 1340. The molecule has 0 unspecified atom stereocenters. The van der Waals surface area contributed by atoms with Crippen LogP contribution in [0.25, 0.3) is 0 Å². The summed E-state index contributed by atoms with van der Waals surface area (Å²) >= 11 is 6.14. The zero-order valence-electron chi connectivity index (χ0n) is 19.9. The molecule has 1 aliphatic heterocycles. The Hall–Kier alpha value is -4.04. The van der Waals surface area contributed by atoms with Crippen molar-refractivity contribution in [2.45, 2.75) is 24.9 Å². The molecule has 5 rings (SSSR count). The summed E-state index contributed by atoms with van der Waals surface area (Å²) in [6.07, 6.45) is 0.944. The van der Waals surface area contributed by atoms with E-state index in [0.29, 0.717) is 11.0 Å². The molecule has 0 radical (unpaired) electrons. The van der Waals surface area contributed by atoms with Crippen LogP contribution < -0.4 is 20.1 Å². The van der Waals surface area contributed by atoms with Gasteiger partial charge in [0.25, 0.3) is 5.95 Å². The molecule has 0 spiro atoms. The molecule has 0 aliphatic carbocycles. The lowest BCUT2D eigenvalue weighted by atomic mass is 9.93. The van der Waals surface area contributed by atoms with Crippen LogP contribution in [0.4, 0.5) is 11.9 Å². The van der Waals surface area contributed by atoms with Crippen molar-refractivity contribution in [3.05, 3.63) is 94.5 Å². The van der Waals surface area contributed by atoms with Crippen LogP contribution in [-0.4, -0.2) is 34.9 Å². The second-order valence-electron chi connectivity index (χ2n) is 8.55. The van der Waals surface area contributed by atoms with E-state index in [9.17, 15) is 4.79 Å². The van der Waals surface area contributed by atoms with E-state index in [1.165, 1.54) is 0 Å². The molecule has 0 saturated carbocycles. The van der Waals surface area contributed by atoms with E-state index in [0.717, 1.165) is 34.6 Å². The molecule has 4 aromatic rings. The average molecular weight is 504 g/mol. The Balaban J connectivity index is 1.39. The first-order valence-corrected chi connectivity index (χ1v) is 12.0. The van der Waals surface area contributed by atoms with Gasteiger partial charge in [0, 0.05) is 5.02 Å². The van der Waals surface area contributed by atoms with Crippen LogP contribution in [0.1, 0.15) is 35.2 Å². The van der Waals surface area contributed by atoms with Crippen LogP contribution in [0, 0.1) is 0 Å². The quantitative estimate of drug-likeness (QED) is 0.357. The van der Waals surface area contributed by atoms with E-state index >= 15 is 0 Å². The molecule has 0 fully saturated rings. The number of aromatic nitrogens is 3. The van der Waals surface area contributed by atoms with Crippen LogP contribution in [0.2, 0.25) is 5.02 Å². The third-order valence-corrected chi connectivity index (χ3v) is 6.49. The lowest BCUT2D eigenvalue weighted by molar-refractivity contribution is -0.115. The van der Waals surface area contributed by atoms with Gasteiger partial charge >= 0.3 is 0 Å². The van der Waals surface area contributed by atoms with Crippen molar-refractivity contribution in [2.75, 3.05) is 24.9 Å². The molecular weight excluding hydrogens is 478 g/mol. The Morgan fingerprint density at radius 3 is 2.22 bits per heavy atom. The van der Waals surface area contributed by atoms with E-state index in [2.05, 4.69) is 20.7 Å². The number of methoxy groups -OCH3 is 2. The van der Waals surface area contributed by atoms with E-state index in [-0.39, 0.29) is 30.4 Å². The molecule has 1 aromatic heterocycles. The fourth-order valence-corrected chi connectivity index (χ4v) is 4.47. The second kappa shape index (κ2) is 10.3. The third-order valence-electron chi connectivity index (χ3n) is 6.24. The first-order valence-electron chi connectivity index (χ1n) is 11.6. The summed E-state index contributed by atoms with van der Waals surface area (Å²) in [6, 6.07) is 23.0. The highest BCUT2D eigenvalue weighted by atomic mass is 35.5. The number of hydrogen-bond donors (Lipinski definition) is 2. The SMILES string of the molecule is COc1ccc(CC(=O)Nc2nc3n(n2)[C@@H](c2ccc(Cl)cc2)C[C@H](c2ccc(OC)cc2)N3)cc1. The Labute approximate surface area is 214 Å². The molecule has 1 aliphatic rings. The van der Waals surface area contributed by atoms with Crippen molar-refractivity contribution < 1.29 is 14.3 Å². The first kappa shape index (κ1) is 23.7. The summed E-state index contributed by atoms with van der Waals surface area (Å²) in [5, 5.41) is 11.6. The van der Waals surface area contributed by atoms with Crippen molar-refractivity contribution in [1.29, 1.82) is 0 Å². The van der Waals surface area contributed by atoms with Crippen LogP contribution in [0.3, 0.4) is 0 Å². The molecule has 2 atom stereocenters. The van der Waals surface area contributed by atoms with Gasteiger partial charge in [-0.2, -0.15) is 4.98 Å². The number of carbonyl (C=O) groups excluding carboxylic acids is 1. The minimum absolute atomic E-state index is 0.00358. The van der Waals surface area contributed by atoms with Crippen molar-refractivity contribution >= 4 is 29.4 Å². The maximum Gasteiger partial charge on any atom is 0.250 e. The fourth-order valence-electron chi connectivity index (χ4n) is 4.35. The predicted octanol–water partition coefficient (Wildman–Crippen LogP) is 5.28. The standard InChI is InChI=1S/C27H26ClN5O3/c1-35-21-11-3-17(4-12-21)15-25(34)30-26-31-27-29-23(18-7-13-22(36-2)14-8-18)16-24(33(27)32-26)19-5-9-20(28)10-6-19/h3-14,23-24H,15-16H2,1-2H3,(H2,29,30,31,32,34)/t23-,24-/m1/s1. The molecule has 1 amide bonds. The monoisotopic (exact) mass is 503 g/mol. The highest BCUT2D eigenvalue weighted by Crippen LogP contribution is 2.38. The summed E-state index contributed by atoms with van der Waals surface area (Å²) in [4.78, 5) is 17.3. The Kier molecular flexibility index (Phi) is 6.77. The number of benzene rings is 3. The van der Waals surface area contributed by atoms with Crippen molar-refractivity contribution in [2.24, 2.45) is 0 Å². The van der Waals surface area contributed by atoms with E-state index in [1.54, 1.807) is 14.2 Å². The average Bonchev–Trinajstić information content (AvgIpc) is 3.31. The number of amides is 1. The number of fused-ring (bicyclic) bond motifs is 1. The van der Waals surface area contributed by atoms with Gasteiger partial charge in [0.15, 0.2) is 0 Å². The van der Waals surface area contributed by atoms with Gasteiger partial charge in [-0.15, -0.1) is 5.10 Å². The Morgan fingerprint density at radius 1 is 0.972 bits per heavy atom. The lowest BCUT2D eigenvalue weighted by Crippen LogP contribution is -2.28. The van der Waals surface area contributed by atoms with Crippen LogP contribution in [0.15, 0.2) is 72.8 Å². The number of hydrogen-bond acceptors (Lipinski definition) is 6. The highest BCUT2D eigenvalue weighted by Gasteiger charge is 2.31. The van der Waals surface area contributed by atoms with Gasteiger partial charge in [0.2, 0.25) is 11.9 Å². The smallest absolute Gasteiger partial charge is 0.250 e. The predicted molar refractivity (Wildman–Crippen MR) is 139 cm³/mol. The van der Waals surface area contributed by atoms with Gasteiger partial charge in [-0.25, -0.2) is 4.68 Å². The third kappa shape index (κ3) is 5.13. The summed E-state index contributed by atoms with van der Waals surface area (Å²) in [6.45, 7) is 0. The molecule has 184 valence electrons. The summed E-state index contributed by atoms with van der Waals surface area (Å²) in [7, 11) is 3.26. The van der Waals surface area contributed by atoms with Gasteiger partial charge in [-0.05, 0) is 59.5 Å². The second-order valence-corrected chi connectivity index (χ2v) is 8.99. The summed E-state index contributed by atoms with van der Waals surface area (Å²) in [5.74, 6) is 2.19. The lowest BCUT2D eigenvalue weighted by Gasteiger charge is -2.31. The van der Waals surface area contributed by atoms with Crippen LogP contribution in [0.5, 0.6) is 11.5 Å².